The summed E-state index contributed by atoms with van der Waals surface area (Å²) in [5.74, 6) is 0.158. The molecule has 4 aromatic rings. The first kappa shape index (κ1) is 20.4. The highest BCUT2D eigenvalue weighted by Crippen LogP contribution is 2.27. The highest BCUT2D eigenvalue weighted by molar-refractivity contribution is 7.99. The molecule has 3 aromatic heterocycles. The largest absolute Gasteiger partial charge is 0.457 e. The van der Waals surface area contributed by atoms with E-state index < -0.39 is 5.97 Å². The van der Waals surface area contributed by atoms with Crippen molar-refractivity contribution < 1.29 is 14.3 Å². The molecule has 9 heteroatoms. The molecule has 1 aromatic carbocycles. The Kier molecular flexibility index (Phi) is 6.01. The summed E-state index contributed by atoms with van der Waals surface area (Å²) in [5, 5.41) is 11.9. The molecule has 0 aliphatic heterocycles. The number of benzene rings is 1. The molecule has 0 unspecified atom stereocenters. The Morgan fingerprint density at radius 3 is 2.80 bits per heavy atom. The van der Waals surface area contributed by atoms with Crippen LogP contribution in [0.4, 0.5) is 0 Å². The van der Waals surface area contributed by atoms with Crippen LogP contribution in [-0.4, -0.2) is 43.9 Å². The lowest BCUT2D eigenvalue weighted by Crippen LogP contribution is -2.16. The molecule has 1 N–H and O–H groups in total. The van der Waals surface area contributed by atoms with Crippen molar-refractivity contribution >= 4 is 45.8 Å². The number of fused-ring (bicyclic) bond motifs is 1. The average Bonchev–Trinajstić information content (AvgIpc) is 3.47. The van der Waals surface area contributed by atoms with Gasteiger partial charge in [-0.25, -0.2) is 0 Å². The van der Waals surface area contributed by atoms with Crippen molar-refractivity contribution in [3.05, 3.63) is 53.0 Å². The first-order valence-corrected chi connectivity index (χ1v) is 11.3. The Morgan fingerprint density at radius 1 is 1.20 bits per heavy atom. The molecule has 3 heterocycles. The normalized spacial score (nSPS) is 11.1. The molecule has 0 atom stereocenters. The fraction of sp³-hybridized carbons (Fsp3) is 0.238. The Hall–Kier alpha value is -2.91. The van der Waals surface area contributed by atoms with Gasteiger partial charge in [0, 0.05) is 28.7 Å². The fourth-order valence-corrected chi connectivity index (χ4v) is 4.81. The van der Waals surface area contributed by atoms with Gasteiger partial charge in [0.05, 0.1) is 10.6 Å². The van der Waals surface area contributed by atoms with Gasteiger partial charge in [0.25, 0.3) is 0 Å². The molecule has 4 rings (SSSR count). The van der Waals surface area contributed by atoms with Crippen LogP contribution in [0.3, 0.4) is 0 Å². The van der Waals surface area contributed by atoms with Gasteiger partial charge < -0.3 is 14.3 Å². The minimum Gasteiger partial charge on any atom is -0.457 e. The zero-order valence-electron chi connectivity index (χ0n) is 16.5. The van der Waals surface area contributed by atoms with E-state index in [-0.39, 0.29) is 18.1 Å². The third-order valence-corrected chi connectivity index (χ3v) is 6.44. The third-order valence-electron chi connectivity index (χ3n) is 4.63. The maximum Gasteiger partial charge on any atom is 0.316 e. The van der Waals surface area contributed by atoms with E-state index in [4.69, 9.17) is 4.74 Å². The van der Waals surface area contributed by atoms with Crippen molar-refractivity contribution in [2.45, 2.75) is 25.5 Å². The van der Waals surface area contributed by atoms with Gasteiger partial charge in [-0.1, -0.05) is 36.0 Å². The number of ether oxygens (including phenoxy) is 1. The zero-order valence-corrected chi connectivity index (χ0v) is 18.2. The van der Waals surface area contributed by atoms with Gasteiger partial charge >= 0.3 is 5.97 Å². The van der Waals surface area contributed by atoms with Crippen LogP contribution in [0.1, 0.15) is 23.0 Å². The number of carbonyl (C=O) groups excluding carboxylic acids is 2. The number of aryl methyl sites for hydroxylation is 1. The van der Waals surface area contributed by atoms with Crippen molar-refractivity contribution in [3.8, 4) is 10.7 Å². The summed E-state index contributed by atoms with van der Waals surface area (Å²) in [6.07, 6.45) is 0. The minimum atomic E-state index is -0.464. The quantitative estimate of drug-likeness (QED) is 0.249. The Balaban J connectivity index is 1.37. The van der Waals surface area contributed by atoms with Crippen molar-refractivity contribution in [2.75, 3.05) is 12.4 Å². The maximum atomic E-state index is 12.6. The molecule has 0 fully saturated rings. The number of thiophene rings is 1. The van der Waals surface area contributed by atoms with Crippen LogP contribution in [0.15, 0.2) is 46.9 Å². The van der Waals surface area contributed by atoms with E-state index in [0.29, 0.717) is 17.3 Å². The van der Waals surface area contributed by atoms with Gasteiger partial charge in [-0.2, -0.15) is 0 Å². The number of aromatic amines is 1. The van der Waals surface area contributed by atoms with Crippen LogP contribution < -0.4 is 0 Å². The maximum absolute atomic E-state index is 12.6. The molecular weight excluding hydrogens is 420 g/mol. The van der Waals surface area contributed by atoms with Gasteiger partial charge in [0.2, 0.25) is 5.78 Å². The van der Waals surface area contributed by atoms with Crippen LogP contribution in [0.25, 0.3) is 21.6 Å². The first-order valence-electron chi connectivity index (χ1n) is 9.44. The van der Waals surface area contributed by atoms with E-state index in [2.05, 4.69) is 15.2 Å². The summed E-state index contributed by atoms with van der Waals surface area (Å²) in [5.41, 5.74) is 2.22. The van der Waals surface area contributed by atoms with E-state index in [9.17, 15) is 9.59 Å². The van der Waals surface area contributed by atoms with Crippen LogP contribution in [0, 0.1) is 6.92 Å². The molecule has 7 nitrogen and oxygen atoms in total. The summed E-state index contributed by atoms with van der Waals surface area (Å²) in [6.45, 7) is 4.25. The highest BCUT2D eigenvalue weighted by atomic mass is 32.2. The number of rotatable bonds is 8. The SMILES string of the molecule is CCn1c(SCC(=O)OCC(=O)c2c(C)[nH]c3ccccc23)nnc1-c1cccs1. The Morgan fingerprint density at radius 2 is 2.03 bits per heavy atom. The van der Waals surface area contributed by atoms with Crippen LogP contribution in [0.5, 0.6) is 0 Å². The standard InChI is InChI=1S/C21H20N4O3S2/c1-3-25-20(17-9-6-10-29-17)23-24-21(25)30-12-18(27)28-11-16(26)19-13(2)22-15-8-5-4-7-14(15)19/h4-10,22H,3,11-12H2,1-2H3. The van der Waals surface area contributed by atoms with E-state index in [0.717, 1.165) is 27.3 Å². The number of carbonyl (C=O) groups is 2. The molecule has 154 valence electrons. The lowest BCUT2D eigenvalue weighted by molar-refractivity contribution is -0.139. The van der Waals surface area contributed by atoms with E-state index in [1.807, 2.05) is 60.2 Å². The molecule has 30 heavy (non-hydrogen) atoms. The van der Waals surface area contributed by atoms with Gasteiger partial charge in [-0.3, -0.25) is 9.59 Å². The number of thioether (sulfide) groups is 1. The number of esters is 1. The predicted molar refractivity (Wildman–Crippen MR) is 118 cm³/mol. The molecular formula is C21H20N4O3S2. The first-order chi connectivity index (χ1) is 14.6. The summed E-state index contributed by atoms with van der Waals surface area (Å²) in [6, 6.07) is 11.5. The number of para-hydroxylation sites is 1. The molecule has 0 amide bonds. The summed E-state index contributed by atoms with van der Waals surface area (Å²) in [7, 11) is 0. The van der Waals surface area contributed by atoms with Crippen LogP contribution in [-0.2, 0) is 16.1 Å². The lowest BCUT2D eigenvalue weighted by atomic mass is 10.1. The van der Waals surface area contributed by atoms with E-state index in [1.54, 1.807) is 11.3 Å². The second kappa shape index (κ2) is 8.85. The molecule has 0 bridgehead atoms. The topological polar surface area (TPSA) is 89.9 Å². The smallest absolute Gasteiger partial charge is 0.316 e. The van der Waals surface area contributed by atoms with Crippen molar-refractivity contribution in [1.82, 2.24) is 19.7 Å². The number of nitrogens with zero attached hydrogens (tertiary/aromatic N) is 3. The second-order valence-corrected chi connectivity index (χ2v) is 8.46. The number of hydrogen-bond donors (Lipinski definition) is 1. The molecule has 0 spiro atoms. The molecule has 0 aliphatic rings. The molecule has 0 aliphatic carbocycles. The number of hydrogen-bond acceptors (Lipinski definition) is 7. The summed E-state index contributed by atoms with van der Waals surface area (Å²) >= 11 is 2.85. The Bertz CT molecular complexity index is 1190. The number of H-pyrrole nitrogens is 1. The molecule has 0 radical (unpaired) electrons. The van der Waals surface area contributed by atoms with Gasteiger partial charge in [0.1, 0.15) is 0 Å². The van der Waals surface area contributed by atoms with Crippen molar-refractivity contribution in [2.24, 2.45) is 0 Å². The Labute approximate surface area is 181 Å². The van der Waals surface area contributed by atoms with Crippen LogP contribution >= 0.6 is 23.1 Å². The number of aromatic nitrogens is 4. The summed E-state index contributed by atoms with van der Waals surface area (Å²) < 4.78 is 7.19. The summed E-state index contributed by atoms with van der Waals surface area (Å²) in [4.78, 5) is 29.1. The van der Waals surface area contributed by atoms with Gasteiger partial charge in [0.15, 0.2) is 17.6 Å². The van der Waals surface area contributed by atoms with Crippen LogP contribution in [0.2, 0.25) is 0 Å². The van der Waals surface area contributed by atoms with Crippen molar-refractivity contribution in [3.63, 3.8) is 0 Å². The average molecular weight is 441 g/mol. The minimum absolute atomic E-state index is 0.0583. The lowest BCUT2D eigenvalue weighted by Gasteiger charge is -2.07. The van der Waals surface area contributed by atoms with Gasteiger partial charge in [-0.15, -0.1) is 21.5 Å². The monoisotopic (exact) mass is 440 g/mol. The number of ketones is 1. The number of Topliss-reactive ketones (excluding diaryl/α,β-unsaturated/α-hetero) is 1. The van der Waals surface area contributed by atoms with Gasteiger partial charge in [-0.05, 0) is 31.4 Å². The second-order valence-electron chi connectivity index (χ2n) is 6.57. The van der Waals surface area contributed by atoms with Crippen molar-refractivity contribution in [1.29, 1.82) is 0 Å². The fourth-order valence-electron chi connectivity index (χ4n) is 3.29. The highest BCUT2D eigenvalue weighted by Gasteiger charge is 2.19. The van der Waals surface area contributed by atoms with E-state index in [1.165, 1.54) is 11.8 Å². The predicted octanol–water partition coefficient (Wildman–Crippen LogP) is 4.33. The molecule has 0 saturated heterocycles. The zero-order chi connectivity index (χ0) is 21.1. The number of nitrogens with one attached hydrogen (secondary N) is 1. The van der Waals surface area contributed by atoms with E-state index >= 15 is 0 Å². The third kappa shape index (κ3) is 4.03. The molecule has 0 saturated carbocycles.